The molecule has 0 fully saturated rings. The fraction of sp³-hybridized carbons (Fsp3) is 0.0652. The Bertz CT molecular complexity index is 2440. The van der Waals surface area contributed by atoms with Gasteiger partial charge in [0.15, 0.2) is 11.7 Å². The molecule has 0 amide bonds. The smallest absolute Gasteiger partial charge is 0.180 e. The molecule has 0 bridgehead atoms. The summed E-state index contributed by atoms with van der Waals surface area (Å²) in [6, 6.07) is 61.5. The first-order valence-electron chi connectivity index (χ1n) is 18.0. The molecule has 2 N–H and O–H groups in total. The van der Waals surface area contributed by atoms with Gasteiger partial charge in [0.2, 0.25) is 0 Å². The molecular formula is C46H39N7O. The van der Waals surface area contributed by atoms with Crippen LogP contribution in [0.15, 0.2) is 192 Å². The monoisotopic (exact) mass is 705 g/mol. The van der Waals surface area contributed by atoms with E-state index in [9.17, 15) is 0 Å². The number of rotatable bonds is 12. The van der Waals surface area contributed by atoms with Crippen LogP contribution in [0.1, 0.15) is 28.1 Å². The highest BCUT2D eigenvalue weighted by atomic mass is 16.5. The van der Waals surface area contributed by atoms with E-state index in [-0.39, 0.29) is 0 Å². The number of hydrazone groups is 1. The molecule has 2 aromatic heterocycles. The summed E-state index contributed by atoms with van der Waals surface area (Å²) < 4.78 is 7.58. The summed E-state index contributed by atoms with van der Waals surface area (Å²) in [6.45, 7) is 2.59. The molecule has 0 saturated carbocycles. The molecule has 8 heteroatoms. The minimum absolute atomic E-state index is 0.461. The fourth-order valence-electron chi connectivity index (χ4n) is 6.42. The zero-order chi connectivity index (χ0) is 36.5. The average Bonchev–Trinajstić information content (AvgIpc) is 3.83. The number of aromatic nitrogens is 3. The van der Waals surface area contributed by atoms with Crippen molar-refractivity contribution in [2.45, 2.75) is 19.9 Å². The predicted molar refractivity (Wildman–Crippen MR) is 218 cm³/mol. The highest BCUT2D eigenvalue weighted by molar-refractivity contribution is 6.10. The van der Waals surface area contributed by atoms with E-state index >= 15 is 0 Å². The molecule has 8 aromatic rings. The van der Waals surface area contributed by atoms with Crippen molar-refractivity contribution in [2.24, 2.45) is 5.10 Å². The Hall–Kier alpha value is -7.19. The molecule has 0 spiro atoms. The van der Waals surface area contributed by atoms with Crippen molar-refractivity contribution < 1.29 is 4.52 Å². The van der Waals surface area contributed by atoms with Gasteiger partial charge in [-0.05, 0) is 48.9 Å². The van der Waals surface area contributed by atoms with Crippen molar-refractivity contribution in [2.75, 3.05) is 15.6 Å². The van der Waals surface area contributed by atoms with Crippen LogP contribution in [0, 0.1) is 6.92 Å². The lowest BCUT2D eigenvalue weighted by molar-refractivity contribution is 0.392. The quantitative estimate of drug-likeness (QED) is 0.0748. The van der Waals surface area contributed by atoms with Gasteiger partial charge in [-0.3, -0.25) is 0 Å². The number of amidine groups is 1. The first-order chi connectivity index (χ1) is 26.7. The number of nitrogens with one attached hydrogen (secondary N) is 2. The third kappa shape index (κ3) is 7.68. The Morgan fingerprint density at radius 3 is 1.94 bits per heavy atom. The molecule has 264 valence electrons. The average molecular weight is 706 g/mol. The van der Waals surface area contributed by atoms with Gasteiger partial charge in [-0.2, -0.15) is 0 Å². The van der Waals surface area contributed by atoms with Crippen LogP contribution in [-0.2, 0) is 13.0 Å². The van der Waals surface area contributed by atoms with Crippen molar-refractivity contribution >= 4 is 28.7 Å². The van der Waals surface area contributed by atoms with Crippen LogP contribution in [0.25, 0.3) is 16.9 Å². The molecule has 0 aliphatic carbocycles. The van der Waals surface area contributed by atoms with Crippen LogP contribution in [0.4, 0.5) is 22.9 Å². The second-order valence-corrected chi connectivity index (χ2v) is 12.8. The third-order valence-electron chi connectivity index (χ3n) is 9.00. The van der Waals surface area contributed by atoms with Gasteiger partial charge >= 0.3 is 0 Å². The molecule has 0 aliphatic rings. The summed E-state index contributed by atoms with van der Waals surface area (Å²) in [5.41, 5.74) is 9.44. The number of nitrogens with zero attached hydrogens (tertiary/aromatic N) is 5. The topological polar surface area (TPSA) is 83.5 Å². The van der Waals surface area contributed by atoms with Crippen molar-refractivity contribution in [3.05, 3.63) is 210 Å². The minimum atomic E-state index is 0.461. The van der Waals surface area contributed by atoms with Crippen LogP contribution < -0.4 is 15.6 Å². The van der Waals surface area contributed by atoms with Crippen LogP contribution in [0.2, 0.25) is 0 Å². The van der Waals surface area contributed by atoms with Crippen LogP contribution >= 0.6 is 0 Å². The lowest BCUT2D eigenvalue weighted by Gasteiger charge is -2.22. The molecule has 0 saturated heterocycles. The molecule has 8 nitrogen and oxygen atoms in total. The van der Waals surface area contributed by atoms with Crippen LogP contribution in [0.3, 0.4) is 0 Å². The van der Waals surface area contributed by atoms with Gasteiger partial charge < -0.3 is 15.2 Å². The lowest BCUT2D eigenvalue weighted by Crippen LogP contribution is -2.22. The van der Waals surface area contributed by atoms with E-state index in [0.29, 0.717) is 24.6 Å². The highest BCUT2D eigenvalue weighted by Crippen LogP contribution is 2.38. The standard InChI is InChI=1S/C46H39N7O/c1-34-31-38(51-54-34)32-41-44(36-21-9-3-10-22-36)52(39-25-13-5-14-26-39)50-46(41)53(40-27-15-6-16-28-40)49-45(37-23-11-4-12-24-37)48-43-30-18-17-29-42(43)47-33-35-19-7-2-8-20-35/h2-31,47H,32-33H2,1H3,(H,48,49). The van der Waals surface area contributed by atoms with E-state index in [1.807, 2.05) is 102 Å². The molecule has 54 heavy (non-hydrogen) atoms. The number of benzene rings is 6. The zero-order valence-corrected chi connectivity index (χ0v) is 29.9. The SMILES string of the molecule is Cc1cc(Cc2c(N(N=C(Nc3ccccc3NCc3ccccc3)c3ccccc3)c3ccccc3)nn(-c3ccccc3)c2-c2ccccc2)no1. The van der Waals surface area contributed by atoms with Gasteiger partial charge in [0.25, 0.3) is 0 Å². The van der Waals surface area contributed by atoms with Gasteiger partial charge in [-0.15, -0.1) is 10.2 Å². The zero-order valence-electron chi connectivity index (χ0n) is 29.9. The van der Waals surface area contributed by atoms with Crippen molar-refractivity contribution in [3.8, 4) is 16.9 Å². The van der Waals surface area contributed by atoms with Crippen LogP contribution in [0.5, 0.6) is 0 Å². The highest BCUT2D eigenvalue weighted by Gasteiger charge is 2.27. The number of anilines is 4. The Kier molecular flexibility index (Phi) is 10.1. The molecule has 6 aromatic carbocycles. The summed E-state index contributed by atoms with van der Waals surface area (Å²) in [5, 5.41) is 24.6. The second-order valence-electron chi connectivity index (χ2n) is 12.8. The second kappa shape index (κ2) is 16.0. The van der Waals surface area contributed by atoms with Crippen molar-refractivity contribution in [1.82, 2.24) is 14.9 Å². The van der Waals surface area contributed by atoms with Gasteiger partial charge in [0.05, 0.1) is 34.1 Å². The maximum Gasteiger partial charge on any atom is 0.180 e. The number of hydrogen-bond acceptors (Lipinski definition) is 6. The van der Waals surface area contributed by atoms with Gasteiger partial charge in [-0.25, -0.2) is 9.69 Å². The summed E-state index contributed by atoms with van der Waals surface area (Å²) in [6.07, 6.45) is 0.461. The molecule has 2 heterocycles. The summed E-state index contributed by atoms with van der Waals surface area (Å²) >= 11 is 0. The maximum absolute atomic E-state index is 5.57. The van der Waals surface area contributed by atoms with Gasteiger partial charge in [0, 0.05) is 35.7 Å². The molecule has 0 radical (unpaired) electrons. The van der Waals surface area contributed by atoms with Crippen LogP contribution in [-0.4, -0.2) is 20.8 Å². The Morgan fingerprint density at radius 1 is 0.685 bits per heavy atom. The Morgan fingerprint density at radius 2 is 1.28 bits per heavy atom. The van der Waals surface area contributed by atoms with Crippen molar-refractivity contribution in [1.29, 1.82) is 0 Å². The first-order valence-corrected chi connectivity index (χ1v) is 18.0. The van der Waals surface area contributed by atoms with Gasteiger partial charge in [0.1, 0.15) is 5.76 Å². The largest absolute Gasteiger partial charge is 0.379 e. The van der Waals surface area contributed by atoms with E-state index in [4.69, 9.17) is 14.7 Å². The molecule has 0 unspecified atom stereocenters. The van der Waals surface area contributed by atoms with Gasteiger partial charge in [-0.1, -0.05) is 145 Å². The number of hydrogen-bond donors (Lipinski definition) is 2. The third-order valence-corrected chi connectivity index (χ3v) is 9.00. The molecule has 0 aliphatic heterocycles. The maximum atomic E-state index is 5.57. The summed E-state index contributed by atoms with van der Waals surface area (Å²) in [7, 11) is 0. The summed E-state index contributed by atoms with van der Waals surface area (Å²) in [5.74, 6) is 2.05. The van der Waals surface area contributed by atoms with Crippen molar-refractivity contribution in [3.63, 3.8) is 0 Å². The number of para-hydroxylation sites is 4. The number of aryl methyl sites for hydroxylation is 1. The first kappa shape index (κ1) is 33.9. The predicted octanol–water partition coefficient (Wildman–Crippen LogP) is 10.7. The molecule has 0 atom stereocenters. The van der Waals surface area contributed by atoms with E-state index < -0.39 is 0 Å². The normalized spacial score (nSPS) is 11.3. The van der Waals surface area contributed by atoms with E-state index in [0.717, 1.165) is 56.6 Å². The fourth-order valence-corrected chi connectivity index (χ4v) is 6.42. The Labute approximate surface area is 315 Å². The van der Waals surface area contributed by atoms with E-state index in [1.54, 1.807) is 0 Å². The summed E-state index contributed by atoms with van der Waals surface area (Å²) in [4.78, 5) is 0. The van der Waals surface area contributed by atoms with E-state index in [2.05, 4.69) is 113 Å². The minimum Gasteiger partial charge on any atom is -0.379 e. The lowest BCUT2D eigenvalue weighted by atomic mass is 10.0. The molecular weight excluding hydrogens is 667 g/mol. The van der Waals surface area contributed by atoms with E-state index in [1.165, 1.54) is 5.56 Å². The Balaban J connectivity index is 1.32. The molecule has 8 rings (SSSR count).